The van der Waals surface area contributed by atoms with Crippen LogP contribution in [0.1, 0.15) is 17.3 Å². The zero-order valence-electron chi connectivity index (χ0n) is 10.6. The Balaban J connectivity index is 2.16. The molecule has 1 unspecified atom stereocenters. The summed E-state index contributed by atoms with van der Waals surface area (Å²) in [4.78, 5) is 12.0. The number of fused-ring (bicyclic) bond motifs is 1. The fraction of sp³-hybridized carbons (Fsp3) is 0.267. The van der Waals surface area contributed by atoms with Crippen molar-refractivity contribution in [2.75, 3.05) is 11.9 Å². The summed E-state index contributed by atoms with van der Waals surface area (Å²) >= 11 is 6.85. The molecule has 0 saturated carbocycles. The van der Waals surface area contributed by atoms with Gasteiger partial charge >= 0.3 is 0 Å². The van der Waals surface area contributed by atoms with Gasteiger partial charge in [0.1, 0.15) is 0 Å². The van der Waals surface area contributed by atoms with Gasteiger partial charge in [-0.2, -0.15) is 0 Å². The van der Waals surface area contributed by atoms with Crippen LogP contribution in [0.15, 0.2) is 40.9 Å². The molecule has 0 aliphatic carbocycles. The predicted octanol–water partition coefficient (Wildman–Crippen LogP) is 4.36. The van der Waals surface area contributed by atoms with Crippen molar-refractivity contribution in [2.45, 2.75) is 6.92 Å². The van der Waals surface area contributed by atoms with Crippen molar-refractivity contribution in [1.82, 2.24) is 5.32 Å². The van der Waals surface area contributed by atoms with E-state index in [1.807, 2.05) is 36.4 Å². The van der Waals surface area contributed by atoms with E-state index in [0.717, 1.165) is 20.6 Å². The van der Waals surface area contributed by atoms with E-state index in [9.17, 15) is 4.79 Å². The molecule has 4 heteroatoms. The summed E-state index contributed by atoms with van der Waals surface area (Å²) in [6, 6.07) is 11.8. The molecule has 2 aromatic rings. The first-order valence-corrected chi connectivity index (χ1v) is 8.05. The number of hydrogen-bond donors (Lipinski definition) is 1. The summed E-state index contributed by atoms with van der Waals surface area (Å²) in [5, 5.41) is 6.03. The van der Waals surface area contributed by atoms with Gasteiger partial charge in [0.15, 0.2) is 0 Å². The van der Waals surface area contributed by atoms with Gasteiger partial charge in [0, 0.05) is 21.9 Å². The number of carbonyl (C=O) groups excluding carboxylic acids is 1. The molecule has 2 rings (SSSR count). The second-order valence-corrected chi connectivity index (χ2v) is 6.24. The standard InChI is InChI=1S/C15H15Br2NO/c1-10(8-16)9-18-15(19)13-3-2-12-7-14(17)5-4-11(12)6-13/h2-7,10H,8-9H2,1H3,(H,18,19). The van der Waals surface area contributed by atoms with Gasteiger partial charge < -0.3 is 5.32 Å². The highest BCUT2D eigenvalue weighted by atomic mass is 79.9. The number of rotatable bonds is 4. The van der Waals surface area contributed by atoms with Crippen LogP contribution in [0, 0.1) is 5.92 Å². The van der Waals surface area contributed by atoms with Crippen LogP contribution in [0.4, 0.5) is 0 Å². The topological polar surface area (TPSA) is 29.1 Å². The van der Waals surface area contributed by atoms with E-state index in [4.69, 9.17) is 0 Å². The third-order valence-electron chi connectivity index (χ3n) is 2.94. The van der Waals surface area contributed by atoms with E-state index in [1.54, 1.807) is 0 Å². The molecular weight excluding hydrogens is 370 g/mol. The Morgan fingerprint density at radius 3 is 2.63 bits per heavy atom. The number of benzene rings is 2. The minimum atomic E-state index is -0.0161. The van der Waals surface area contributed by atoms with Crippen LogP contribution < -0.4 is 5.32 Å². The molecule has 1 atom stereocenters. The Morgan fingerprint density at radius 2 is 1.89 bits per heavy atom. The molecule has 0 aromatic heterocycles. The van der Waals surface area contributed by atoms with Crippen molar-refractivity contribution in [3.8, 4) is 0 Å². The van der Waals surface area contributed by atoms with E-state index < -0.39 is 0 Å². The summed E-state index contributed by atoms with van der Waals surface area (Å²) in [7, 11) is 0. The first kappa shape index (κ1) is 14.5. The van der Waals surface area contributed by atoms with Crippen molar-refractivity contribution in [3.63, 3.8) is 0 Å². The SMILES string of the molecule is CC(CBr)CNC(=O)c1ccc2cc(Br)ccc2c1. The largest absolute Gasteiger partial charge is 0.352 e. The summed E-state index contributed by atoms with van der Waals surface area (Å²) in [6.45, 7) is 2.77. The van der Waals surface area contributed by atoms with Crippen LogP contribution in [0.2, 0.25) is 0 Å². The molecule has 0 saturated heterocycles. The summed E-state index contributed by atoms with van der Waals surface area (Å²) in [5.41, 5.74) is 0.705. The molecule has 2 nitrogen and oxygen atoms in total. The minimum Gasteiger partial charge on any atom is -0.352 e. The fourth-order valence-electron chi connectivity index (χ4n) is 1.78. The predicted molar refractivity (Wildman–Crippen MR) is 86.9 cm³/mol. The van der Waals surface area contributed by atoms with Crippen LogP contribution in [-0.2, 0) is 0 Å². The highest BCUT2D eigenvalue weighted by molar-refractivity contribution is 9.10. The van der Waals surface area contributed by atoms with Crippen LogP contribution in [0.25, 0.3) is 10.8 Å². The molecule has 1 N–H and O–H groups in total. The highest BCUT2D eigenvalue weighted by Gasteiger charge is 2.08. The number of hydrogen-bond acceptors (Lipinski definition) is 1. The molecule has 19 heavy (non-hydrogen) atoms. The molecule has 0 aliphatic heterocycles. The van der Waals surface area contributed by atoms with Gasteiger partial charge in [-0.3, -0.25) is 4.79 Å². The van der Waals surface area contributed by atoms with Gasteiger partial charge in [-0.25, -0.2) is 0 Å². The monoisotopic (exact) mass is 383 g/mol. The quantitative estimate of drug-likeness (QED) is 0.779. The molecule has 0 fully saturated rings. The van der Waals surface area contributed by atoms with E-state index in [-0.39, 0.29) is 5.91 Å². The second kappa shape index (κ2) is 6.53. The van der Waals surface area contributed by atoms with Crippen LogP contribution in [0.5, 0.6) is 0 Å². The Hall–Kier alpha value is -0.870. The first-order chi connectivity index (χ1) is 9.10. The lowest BCUT2D eigenvalue weighted by molar-refractivity contribution is 0.0949. The van der Waals surface area contributed by atoms with Crippen molar-refractivity contribution in [1.29, 1.82) is 0 Å². The third-order valence-corrected chi connectivity index (χ3v) is 4.54. The normalized spacial score (nSPS) is 12.4. The molecule has 0 bridgehead atoms. The minimum absolute atomic E-state index is 0.0161. The molecule has 0 radical (unpaired) electrons. The molecular formula is C15H15Br2NO. The Kier molecular flexibility index (Phi) is 4.99. The van der Waals surface area contributed by atoms with Gasteiger partial charge in [-0.1, -0.05) is 50.9 Å². The van der Waals surface area contributed by atoms with E-state index in [2.05, 4.69) is 44.1 Å². The van der Waals surface area contributed by atoms with E-state index in [1.165, 1.54) is 0 Å². The Bertz CT molecular complexity index is 598. The van der Waals surface area contributed by atoms with Crippen molar-refractivity contribution in [2.24, 2.45) is 5.92 Å². The van der Waals surface area contributed by atoms with E-state index in [0.29, 0.717) is 18.0 Å². The molecule has 0 spiro atoms. The van der Waals surface area contributed by atoms with E-state index >= 15 is 0 Å². The molecule has 100 valence electrons. The Labute approximate surface area is 129 Å². The second-order valence-electron chi connectivity index (χ2n) is 4.68. The van der Waals surface area contributed by atoms with Crippen molar-refractivity contribution >= 4 is 48.5 Å². The van der Waals surface area contributed by atoms with Gasteiger partial charge in [-0.15, -0.1) is 0 Å². The molecule has 2 aromatic carbocycles. The smallest absolute Gasteiger partial charge is 0.251 e. The average Bonchev–Trinajstić information content (AvgIpc) is 2.43. The molecule has 0 aliphatic rings. The summed E-state index contributed by atoms with van der Waals surface area (Å²) in [5.74, 6) is 0.415. The zero-order chi connectivity index (χ0) is 13.8. The highest BCUT2D eigenvalue weighted by Crippen LogP contribution is 2.21. The lowest BCUT2D eigenvalue weighted by Crippen LogP contribution is -2.28. The average molecular weight is 385 g/mol. The van der Waals surface area contributed by atoms with Gasteiger partial charge in [0.25, 0.3) is 5.91 Å². The number of amides is 1. The Morgan fingerprint density at radius 1 is 1.21 bits per heavy atom. The maximum atomic E-state index is 12.0. The number of halogens is 2. The lowest BCUT2D eigenvalue weighted by atomic mass is 10.1. The van der Waals surface area contributed by atoms with Gasteiger partial charge in [0.05, 0.1) is 0 Å². The number of alkyl halides is 1. The van der Waals surface area contributed by atoms with Crippen LogP contribution in [0.3, 0.4) is 0 Å². The van der Waals surface area contributed by atoms with Crippen LogP contribution >= 0.6 is 31.9 Å². The number of nitrogens with one attached hydrogen (secondary N) is 1. The number of carbonyl (C=O) groups is 1. The maximum absolute atomic E-state index is 12.0. The lowest BCUT2D eigenvalue weighted by Gasteiger charge is -2.10. The summed E-state index contributed by atoms with van der Waals surface area (Å²) < 4.78 is 1.04. The van der Waals surface area contributed by atoms with Crippen LogP contribution in [-0.4, -0.2) is 17.8 Å². The third kappa shape index (κ3) is 3.80. The van der Waals surface area contributed by atoms with Gasteiger partial charge in [0.2, 0.25) is 0 Å². The van der Waals surface area contributed by atoms with Crippen molar-refractivity contribution in [3.05, 3.63) is 46.4 Å². The first-order valence-electron chi connectivity index (χ1n) is 6.13. The zero-order valence-corrected chi connectivity index (χ0v) is 13.8. The molecule has 0 heterocycles. The van der Waals surface area contributed by atoms with Gasteiger partial charge in [-0.05, 0) is 41.0 Å². The maximum Gasteiger partial charge on any atom is 0.251 e. The van der Waals surface area contributed by atoms with Crippen molar-refractivity contribution < 1.29 is 4.79 Å². The molecule has 1 amide bonds. The fourth-order valence-corrected chi connectivity index (χ4v) is 2.39. The summed E-state index contributed by atoms with van der Waals surface area (Å²) in [6.07, 6.45) is 0.